The van der Waals surface area contributed by atoms with Crippen LogP contribution in [0.5, 0.6) is 5.88 Å². The van der Waals surface area contributed by atoms with Gasteiger partial charge in [0.15, 0.2) is 0 Å². The van der Waals surface area contributed by atoms with E-state index in [1.165, 1.54) is 4.88 Å². The molecule has 4 rings (SSSR count). The summed E-state index contributed by atoms with van der Waals surface area (Å²) in [6, 6.07) is 0. The van der Waals surface area contributed by atoms with Crippen molar-refractivity contribution in [1.29, 1.82) is 0 Å². The molecular formula is C23H31N3O4S. The molecule has 1 saturated carbocycles. The molecule has 2 N–H and O–H groups in total. The maximum Gasteiger partial charge on any atom is 0.306 e. The lowest BCUT2D eigenvalue weighted by atomic mass is 9.85. The highest BCUT2D eigenvalue weighted by Gasteiger charge is 2.32. The van der Waals surface area contributed by atoms with Crippen molar-refractivity contribution < 1.29 is 19.1 Å². The molecule has 0 aromatic carbocycles. The number of esters is 1. The van der Waals surface area contributed by atoms with Crippen molar-refractivity contribution in [3.05, 3.63) is 16.8 Å². The number of carbonyl (C=O) groups is 2. The number of carbonyl (C=O) groups excluding carboxylic acids is 2. The Kier molecular flexibility index (Phi) is 6.19. The molecule has 0 bridgehead atoms. The molecule has 2 aliphatic carbocycles. The van der Waals surface area contributed by atoms with Gasteiger partial charge in [-0.15, -0.1) is 11.3 Å². The van der Waals surface area contributed by atoms with Crippen molar-refractivity contribution in [2.45, 2.75) is 89.8 Å². The van der Waals surface area contributed by atoms with Crippen LogP contribution in [0.2, 0.25) is 0 Å². The molecule has 0 radical (unpaired) electrons. The number of hydrogen-bond donors (Lipinski definition) is 1. The van der Waals surface area contributed by atoms with E-state index in [2.05, 4.69) is 9.97 Å². The number of aromatic nitrogens is 2. The highest BCUT2D eigenvalue weighted by molar-refractivity contribution is 7.19. The smallest absolute Gasteiger partial charge is 0.306 e. The predicted octanol–water partition coefficient (Wildman–Crippen LogP) is 4.27. The van der Waals surface area contributed by atoms with Crippen LogP contribution in [0.4, 0.5) is 0 Å². The van der Waals surface area contributed by atoms with Crippen LogP contribution in [0.15, 0.2) is 6.33 Å². The van der Waals surface area contributed by atoms with Crippen LogP contribution in [0.25, 0.3) is 10.2 Å². The number of nitrogens with zero attached hydrogens (tertiary/aromatic N) is 2. The van der Waals surface area contributed by atoms with Crippen LogP contribution >= 0.6 is 11.3 Å². The van der Waals surface area contributed by atoms with Crippen LogP contribution in [0, 0.1) is 5.92 Å². The Morgan fingerprint density at radius 2 is 1.87 bits per heavy atom. The first-order chi connectivity index (χ1) is 14.7. The summed E-state index contributed by atoms with van der Waals surface area (Å²) in [4.78, 5) is 34.8. The van der Waals surface area contributed by atoms with Gasteiger partial charge in [-0.3, -0.25) is 9.59 Å². The van der Waals surface area contributed by atoms with Crippen molar-refractivity contribution in [1.82, 2.24) is 9.97 Å². The van der Waals surface area contributed by atoms with Gasteiger partial charge in [0.2, 0.25) is 11.8 Å². The SMILES string of the molecule is CC(C)(C)OC(=O)CC1CCC(Oc2ncnc3sc4c(c23)[C@@H](CC(N)=O)CC4)CC1. The zero-order valence-corrected chi connectivity index (χ0v) is 19.3. The number of primary amides is 1. The number of amides is 1. The lowest BCUT2D eigenvalue weighted by Crippen LogP contribution is -2.28. The summed E-state index contributed by atoms with van der Waals surface area (Å²) in [5.41, 5.74) is 6.20. The first-order valence-corrected chi connectivity index (χ1v) is 11.9. The van der Waals surface area contributed by atoms with Gasteiger partial charge >= 0.3 is 5.97 Å². The van der Waals surface area contributed by atoms with Crippen LogP contribution in [0.1, 0.15) is 82.1 Å². The monoisotopic (exact) mass is 445 g/mol. The van der Waals surface area contributed by atoms with E-state index >= 15 is 0 Å². The normalized spacial score (nSPS) is 23.5. The second-order valence-electron chi connectivity index (χ2n) is 9.76. The van der Waals surface area contributed by atoms with Crippen molar-refractivity contribution in [2.24, 2.45) is 11.7 Å². The molecule has 2 heterocycles. The molecule has 8 heteroatoms. The maximum absolute atomic E-state index is 12.1. The molecule has 1 amide bonds. The molecule has 1 atom stereocenters. The maximum atomic E-state index is 12.1. The lowest BCUT2D eigenvalue weighted by molar-refractivity contribution is -0.156. The average Bonchev–Trinajstić information content (AvgIpc) is 3.21. The second-order valence-corrected chi connectivity index (χ2v) is 10.8. The minimum absolute atomic E-state index is 0.0690. The van der Waals surface area contributed by atoms with E-state index in [9.17, 15) is 9.59 Å². The van der Waals surface area contributed by atoms with Crippen molar-refractivity contribution in [2.75, 3.05) is 0 Å². The summed E-state index contributed by atoms with van der Waals surface area (Å²) >= 11 is 1.67. The first kappa shape index (κ1) is 22.0. The summed E-state index contributed by atoms with van der Waals surface area (Å²) in [5, 5.41) is 0.960. The van der Waals surface area contributed by atoms with Gasteiger partial charge in [0.1, 0.15) is 22.9 Å². The first-order valence-electron chi connectivity index (χ1n) is 11.1. The topological polar surface area (TPSA) is 104 Å². The fourth-order valence-electron chi connectivity index (χ4n) is 4.81. The average molecular weight is 446 g/mol. The molecule has 2 aromatic rings. The molecule has 0 aliphatic heterocycles. The van der Waals surface area contributed by atoms with E-state index in [1.807, 2.05) is 20.8 Å². The summed E-state index contributed by atoms with van der Waals surface area (Å²) in [7, 11) is 0. The molecule has 2 aromatic heterocycles. The van der Waals surface area contributed by atoms with Gasteiger partial charge in [0.05, 0.1) is 5.39 Å². The minimum Gasteiger partial charge on any atom is -0.474 e. The van der Waals surface area contributed by atoms with Gasteiger partial charge in [-0.2, -0.15) is 0 Å². The highest BCUT2D eigenvalue weighted by Crippen LogP contribution is 2.47. The zero-order chi connectivity index (χ0) is 22.2. The second kappa shape index (κ2) is 8.73. The van der Waals surface area contributed by atoms with E-state index in [0.29, 0.717) is 24.6 Å². The van der Waals surface area contributed by atoms with Crippen LogP contribution in [-0.4, -0.2) is 33.5 Å². The Labute approximate surface area is 186 Å². The Morgan fingerprint density at radius 3 is 2.55 bits per heavy atom. The van der Waals surface area contributed by atoms with Crippen molar-refractivity contribution in [3.63, 3.8) is 0 Å². The van der Waals surface area contributed by atoms with Gasteiger partial charge < -0.3 is 15.2 Å². The van der Waals surface area contributed by atoms with Gasteiger partial charge in [-0.1, -0.05) is 0 Å². The highest BCUT2D eigenvalue weighted by atomic mass is 32.1. The molecule has 1 fully saturated rings. The number of nitrogens with two attached hydrogens (primary N) is 1. The van der Waals surface area contributed by atoms with Crippen LogP contribution in [-0.2, 0) is 20.7 Å². The van der Waals surface area contributed by atoms with Gasteiger partial charge in [0.25, 0.3) is 0 Å². The van der Waals surface area contributed by atoms with E-state index in [-0.39, 0.29) is 23.9 Å². The third-order valence-corrected chi connectivity index (χ3v) is 7.26. The van der Waals surface area contributed by atoms with E-state index in [1.54, 1.807) is 17.7 Å². The largest absolute Gasteiger partial charge is 0.474 e. The zero-order valence-electron chi connectivity index (χ0n) is 18.5. The number of ether oxygens (including phenoxy) is 2. The summed E-state index contributed by atoms with van der Waals surface area (Å²) in [5.74, 6) is 0.683. The number of hydrogen-bond acceptors (Lipinski definition) is 7. The number of fused-ring (bicyclic) bond motifs is 3. The van der Waals surface area contributed by atoms with Gasteiger partial charge in [-0.05, 0) is 76.7 Å². The molecule has 0 spiro atoms. The molecular weight excluding hydrogens is 414 g/mol. The number of aryl methyl sites for hydroxylation is 1. The predicted molar refractivity (Wildman–Crippen MR) is 119 cm³/mol. The Hall–Kier alpha value is -2.22. The Morgan fingerprint density at radius 1 is 1.13 bits per heavy atom. The van der Waals surface area contributed by atoms with Gasteiger partial charge in [-0.25, -0.2) is 9.97 Å². The summed E-state index contributed by atoms with van der Waals surface area (Å²) < 4.78 is 11.8. The minimum atomic E-state index is -0.442. The quantitative estimate of drug-likeness (QED) is 0.666. The third kappa shape index (κ3) is 5.17. The van der Waals surface area contributed by atoms with Crippen molar-refractivity contribution >= 4 is 33.4 Å². The Balaban J connectivity index is 1.42. The Bertz CT molecular complexity index is 973. The van der Waals surface area contributed by atoms with E-state index < -0.39 is 5.60 Å². The molecule has 7 nitrogen and oxygen atoms in total. The third-order valence-electron chi connectivity index (χ3n) is 6.09. The fourth-order valence-corrected chi connectivity index (χ4v) is 6.04. The van der Waals surface area contributed by atoms with E-state index in [0.717, 1.165) is 54.3 Å². The van der Waals surface area contributed by atoms with Crippen LogP contribution < -0.4 is 10.5 Å². The lowest BCUT2D eigenvalue weighted by Gasteiger charge is -2.29. The molecule has 168 valence electrons. The molecule has 0 saturated heterocycles. The number of rotatable bonds is 6. The summed E-state index contributed by atoms with van der Waals surface area (Å²) in [6.45, 7) is 5.69. The molecule has 2 aliphatic rings. The standard InChI is InChI=1S/C23H31N3O4S/c1-23(2,3)30-18(28)10-13-4-7-15(8-5-13)29-21-20-19-14(11-17(24)27)6-9-16(19)31-22(20)26-12-25-21/h12-15H,4-11H2,1-3H3,(H2,24,27)/t13?,14-,15?/m1/s1. The van der Waals surface area contributed by atoms with Gasteiger partial charge in [0, 0.05) is 17.7 Å². The van der Waals surface area contributed by atoms with Crippen molar-refractivity contribution in [3.8, 4) is 5.88 Å². The molecule has 0 unspecified atom stereocenters. The van der Waals surface area contributed by atoms with Crippen LogP contribution in [0.3, 0.4) is 0 Å². The molecule has 31 heavy (non-hydrogen) atoms. The fraction of sp³-hybridized carbons (Fsp3) is 0.652. The summed E-state index contributed by atoms with van der Waals surface area (Å²) in [6.07, 6.45) is 7.96. The number of thiophene rings is 1. The van der Waals surface area contributed by atoms with E-state index in [4.69, 9.17) is 15.2 Å².